The van der Waals surface area contributed by atoms with Crippen LogP contribution in [0.1, 0.15) is 30.3 Å². The van der Waals surface area contributed by atoms with E-state index in [0.29, 0.717) is 31.1 Å². The van der Waals surface area contributed by atoms with Crippen LogP contribution in [-0.2, 0) is 11.3 Å². The van der Waals surface area contributed by atoms with Gasteiger partial charge in [-0.3, -0.25) is 9.78 Å². The summed E-state index contributed by atoms with van der Waals surface area (Å²) in [5.74, 6) is 1.10. The van der Waals surface area contributed by atoms with Crippen LogP contribution in [0.2, 0.25) is 0 Å². The molecule has 0 aliphatic carbocycles. The second-order valence-electron chi connectivity index (χ2n) is 5.76. The highest BCUT2D eigenvalue weighted by molar-refractivity contribution is 5.78. The van der Waals surface area contributed by atoms with Crippen LogP contribution >= 0.6 is 0 Å². The Morgan fingerprint density at radius 2 is 2.04 bits per heavy atom. The van der Waals surface area contributed by atoms with Crippen molar-refractivity contribution >= 4 is 5.91 Å². The van der Waals surface area contributed by atoms with Gasteiger partial charge in [0.1, 0.15) is 6.04 Å². The summed E-state index contributed by atoms with van der Waals surface area (Å²) in [4.78, 5) is 22.6. The molecule has 0 N–H and O–H groups in total. The summed E-state index contributed by atoms with van der Waals surface area (Å²) < 4.78 is 5.44. The molecule has 1 fully saturated rings. The quantitative estimate of drug-likeness (QED) is 0.739. The Bertz CT molecular complexity index is 832. The van der Waals surface area contributed by atoms with E-state index in [4.69, 9.17) is 4.52 Å². The molecular weight excluding hydrogens is 304 g/mol. The molecule has 0 spiro atoms. The summed E-state index contributed by atoms with van der Waals surface area (Å²) in [7, 11) is 0. The minimum atomic E-state index is -0.171. The first-order chi connectivity index (χ1) is 11.8. The topological polar surface area (TPSA) is 72.1 Å². The average molecular weight is 320 g/mol. The van der Waals surface area contributed by atoms with Crippen LogP contribution in [0.15, 0.2) is 59.4 Å². The number of aromatic nitrogens is 3. The summed E-state index contributed by atoms with van der Waals surface area (Å²) in [5.41, 5.74) is 1.89. The molecular formula is C18H16N4O2. The third kappa shape index (κ3) is 2.78. The van der Waals surface area contributed by atoms with E-state index in [2.05, 4.69) is 15.1 Å². The van der Waals surface area contributed by atoms with Gasteiger partial charge in [-0.05, 0) is 24.1 Å². The summed E-state index contributed by atoms with van der Waals surface area (Å²) in [6.45, 7) is 0.551. The number of rotatable bonds is 4. The second kappa shape index (κ2) is 6.23. The van der Waals surface area contributed by atoms with Gasteiger partial charge in [-0.2, -0.15) is 4.98 Å². The lowest BCUT2D eigenvalue weighted by molar-refractivity contribution is -0.129. The van der Waals surface area contributed by atoms with E-state index in [1.807, 2.05) is 47.4 Å². The first-order valence-electron chi connectivity index (χ1n) is 7.88. The first kappa shape index (κ1) is 14.6. The molecule has 1 saturated heterocycles. The highest BCUT2D eigenvalue weighted by Crippen LogP contribution is 2.34. The van der Waals surface area contributed by atoms with Crippen molar-refractivity contribution in [3.8, 4) is 11.4 Å². The van der Waals surface area contributed by atoms with E-state index in [1.54, 1.807) is 12.4 Å². The van der Waals surface area contributed by atoms with Crippen molar-refractivity contribution in [3.63, 3.8) is 0 Å². The number of hydrogen-bond donors (Lipinski definition) is 0. The molecule has 3 aromatic rings. The molecule has 1 aromatic carbocycles. The second-order valence-corrected chi connectivity index (χ2v) is 5.76. The SMILES string of the molecule is O=C1CCC(c2nc(-c3cccnc3)no2)N1Cc1ccccc1. The van der Waals surface area contributed by atoms with Crippen molar-refractivity contribution in [2.45, 2.75) is 25.4 Å². The van der Waals surface area contributed by atoms with Crippen LogP contribution in [0.4, 0.5) is 0 Å². The Hall–Kier alpha value is -3.02. The third-order valence-electron chi connectivity index (χ3n) is 4.17. The van der Waals surface area contributed by atoms with E-state index in [9.17, 15) is 4.79 Å². The smallest absolute Gasteiger partial charge is 0.249 e. The number of carbonyl (C=O) groups is 1. The van der Waals surface area contributed by atoms with Crippen LogP contribution in [0.5, 0.6) is 0 Å². The van der Waals surface area contributed by atoms with Crippen molar-refractivity contribution in [1.82, 2.24) is 20.0 Å². The van der Waals surface area contributed by atoms with Crippen molar-refractivity contribution in [2.75, 3.05) is 0 Å². The van der Waals surface area contributed by atoms with Crippen LogP contribution in [0, 0.1) is 0 Å². The highest BCUT2D eigenvalue weighted by Gasteiger charge is 2.35. The van der Waals surface area contributed by atoms with Gasteiger partial charge in [0.25, 0.3) is 0 Å². The van der Waals surface area contributed by atoms with Crippen LogP contribution < -0.4 is 0 Å². The molecule has 4 rings (SSSR count). The Morgan fingerprint density at radius 1 is 1.17 bits per heavy atom. The van der Waals surface area contributed by atoms with Gasteiger partial charge in [-0.1, -0.05) is 35.5 Å². The standard InChI is InChI=1S/C18H16N4O2/c23-16-9-8-15(22(16)12-13-5-2-1-3-6-13)18-20-17(21-24-18)14-7-4-10-19-11-14/h1-7,10-11,15H,8-9,12H2. The molecule has 24 heavy (non-hydrogen) atoms. The fourth-order valence-electron chi connectivity index (χ4n) is 2.95. The monoisotopic (exact) mass is 320 g/mol. The van der Waals surface area contributed by atoms with Crippen LogP contribution in [0.3, 0.4) is 0 Å². The maximum atomic E-state index is 12.3. The largest absolute Gasteiger partial charge is 0.337 e. The Kier molecular flexibility index (Phi) is 3.78. The van der Waals surface area contributed by atoms with E-state index < -0.39 is 0 Å². The number of hydrogen-bond acceptors (Lipinski definition) is 5. The number of nitrogens with zero attached hydrogens (tertiary/aromatic N) is 4. The lowest BCUT2D eigenvalue weighted by atomic mass is 10.2. The van der Waals surface area contributed by atoms with E-state index in [0.717, 1.165) is 11.1 Å². The molecule has 1 unspecified atom stereocenters. The molecule has 0 bridgehead atoms. The molecule has 1 aliphatic rings. The lowest BCUT2D eigenvalue weighted by Crippen LogP contribution is -2.27. The summed E-state index contributed by atoms with van der Waals surface area (Å²) in [6.07, 6.45) is 4.58. The van der Waals surface area contributed by atoms with Gasteiger partial charge in [0.2, 0.25) is 17.6 Å². The average Bonchev–Trinajstić information content (AvgIpc) is 3.25. The molecule has 3 heterocycles. The van der Waals surface area contributed by atoms with Gasteiger partial charge in [0.05, 0.1) is 0 Å². The third-order valence-corrected chi connectivity index (χ3v) is 4.17. The number of benzene rings is 1. The van der Waals surface area contributed by atoms with E-state index >= 15 is 0 Å². The van der Waals surface area contributed by atoms with E-state index in [-0.39, 0.29) is 11.9 Å². The number of carbonyl (C=O) groups excluding carboxylic acids is 1. The maximum absolute atomic E-state index is 12.3. The Labute approximate surface area is 139 Å². The molecule has 0 saturated carbocycles. The van der Waals surface area contributed by atoms with Crippen LogP contribution in [-0.4, -0.2) is 25.9 Å². The Balaban J connectivity index is 1.59. The summed E-state index contributed by atoms with van der Waals surface area (Å²) in [5, 5.41) is 4.03. The van der Waals surface area contributed by atoms with Gasteiger partial charge in [0.15, 0.2) is 0 Å². The molecule has 1 amide bonds. The van der Waals surface area contributed by atoms with Gasteiger partial charge in [0, 0.05) is 30.9 Å². The minimum absolute atomic E-state index is 0.116. The molecule has 6 heteroatoms. The lowest BCUT2D eigenvalue weighted by Gasteiger charge is -2.22. The van der Waals surface area contributed by atoms with Crippen molar-refractivity contribution < 1.29 is 9.32 Å². The number of amides is 1. The highest BCUT2D eigenvalue weighted by atomic mass is 16.5. The zero-order valence-electron chi connectivity index (χ0n) is 13.0. The summed E-state index contributed by atoms with van der Waals surface area (Å²) in [6, 6.07) is 13.5. The zero-order valence-corrected chi connectivity index (χ0v) is 13.0. The predicted molar refractivity (Wildman–Crippen MR) is 86.5 cm³/mol. The molecule has 0 radical (unpaired) electrons. The number of likely N-dealkylation sites (tertiary alicyclic amines) is 1. The van der Waals surface area contributed by atoms with Gasteiger partial charge in [-0.25, -0.2) is 0 Å². The minimum Gasteiger partial charge on any atom is -0.337 e. The Morgan fingerprint density at radius 3 is 2.83 bits per heavy atom. The zero-order chi connectivity index (χ0) is 16.4. The molecule has 1 atom stereocenters. The van der Waals surface area contributed by atoms with Crippen molar-refractivity contribution in [1.29, 1.82) is 0 Å². The van der Waals surface area contributed by atoms with Gasteiger partial charge >= 0.3 is 0 Å². The van der Waals surface area contributed by atoms with Gasteiger partial charge < -0.3 is 9.42 Å². The summed E-state index contributed by atoms with van der Waals surface area (Å²) >= 11 is 0. The molecule has 6 nitrogen and oxygen atoms in total. The van der Waals surface area contributed by atoms with Crippen LogP contribution in [0.25, 0.3) is 11.4 Å². The predicted octanol–water partition coefficient (Wildman–Crippen LogP) is 3.00. The number of pyridine rings is 1. The fourth-order valence-corrected chi connectivity index (χ4v) is 2.95. The first-order valence-corrected chi connectivity index (χ1v) is 7.88. The fraction of sp³-hybridized carbons (Fsp3) is 0.222. The van der Waals surface area contributed by atoms with Gasteiger partial charge in [-0.15, -0.1) is 0 Å². The maximum Gasteiger partial charge on any atom is 0.249 e. The normalized spacial score (nSPS) is 17.4. The van der Waals surface area contributed by atoms with E-state index in [1.165, 1.54) is 0 Å². The molecule has 1 aliphatic heterocycles. The molecule has 120 valence electrons. The molecule has 2 aromatic heterocycles. The van der Waals surface area contributed by atoms with Crippen molar-refractivity contribution in [2.24, 2.45) is 0 Å². The van der Waals surface area contributed by atoms with Crippen molar-refractivity contribution in [3.05, 3.63) is 66.3 Å².